The fraction of sp³-hybridized carbons (Fsp3) is 0.0714. The smallest absolute Gasteiger partial charge is 0.140 e. The summed E-state index contributed by atoms with van der Waals surface area (Å²) in [5, 5.41) is 0. The van der Waals surface area contributed by atoms with E-state index in [9.17, 15) is 8.78 Å². The summed E-state index contributed by atoms with van der Waals surface area (Å²) in [6, 6.07) is 5.43. The molecule has 0 fully saturated rings. The van der Waals surface area contributed by atoms with E-state index in [0.717, 1.165) is 21.7 Å². The lowest BCUT2D eigenvalue weighted by Gasteiger charge is -1.98. The Kier molecular flexibility index (Phi) is 2.86. The predicted octanol–water partition coefficient (Wildman–Crippen LogP) is 4.35. The maximum Gasteiger partial charge on any atom is 0.140 e. The van der Waals surface area contributed by atoms with Gasteiger partial charge in [-0.1, -0.05) is 0 Å². The number of aromatic nitrogens is 2. The molecule has 1 aromatic carbocycles. The lowest BCUT2D eigenvalue weighted by Crippen LogP contribution is -1.86. The third kappa shape index (κ3) is 2.14. The van der Waals surface area contributed by atoms with Gasteiger partial charge in [0.05, 0.1) is 5.69 Å². The van der Waals surface area contributed by atoms with Gasteiger partial charge in [-0.15, -0.1) is 0 Å². The molecular formula is C14H9BrF2N2. The summed E-state index contributed by atoms with van der Waals surface area (Å²) in [6.45, 7) is 1.93. The standard InChI is InChI=1S/C14H9BrF2N2/c1-8-4-9(15)6-19-7-13(18-14(8)19)11-3-2-10(16)5-12(11)17/h2-7H,1H3. The summed E-state index contributed by atoms with van der Waals surface area (Å²) in [5.41, 5.74) is 2.50. The topological polar surface area (TPSA) is 17.3 Å². The Morgan fingerprint density at radius 1 is 1.16 bits per heavy atom. The number of imidazole rings is 1. The third-order valence-corrected chi connectivity index (χ3v) is 3.34. The van der Waals surface area contributed by atoms with Gasteiger partial charge in [-0.3, -0.25) is 0 Å². The van der Waals surface area contributed by atoms with Crippen LogP contribution in [0.25, 0.3) is 16.9 Å². The highest BCUT2D eigenvalue weighted by Gasteiger charge is 2.11. The normalized spacial score (nSPS) is 11.2. The molecule has 2 aromatic heterocycles. The minimum atomic E-state index is -0.611. The SMILES string of the molecule is Cc1cc(Br)cn2cc(-c3ccc(F)cc3F)nc12. The van der Waals surface area contributed by atoms with Crippen molar-refractivity contribution in [1.82, 2.24) is 9.38 Å². The second-order valence-electron chi connectivity index (χ2n) is 4.32. The molecule has 0 aliphatic heterocycles. The van der Waals surface area contributed by atoms with Gasteiger partial charge in [-0.05, 0) is 46.6 Å². The zero-order valence-electron chi connectivity index (χ0n) is 9.99. The number of benzene rings is 1. The minimum Gasteiger partial charge on any atom is -0.305 e. The average molecular weight is 323 g/mol. The molecule has 2 nitrogen and oxygen atoms in total. The molecule has 0 saturated carbocycles. The van der Waals surface area contributed by atoms with Crippen LogP contribution in [-0.4, -0.2) is 9.38 Å². The minimum absolute atomic E-state index is 0.292. The number of aryl methyl sites for hydroxylation is 1. The monoisotopic (exact) mass is 322 g/mol. The van der Waals surface area contributed by atoms with Crippen molar-refractivity contribution in [3.05, 3.63) is 58.3 Å². The van der Waals surface area contributed by atoms with Crippen molar-refractivity contribution in [2.24, 2.45) is 0 Å². The number of rotatable bonds is 1. The van der Waals surface area contributed by atoms with Crippen LogP contribution in [-0.2, 0) is 0 Å². The number of halogens is 3. The van der Waals surface area contributed by atoms with Crippen molar-refractivity contribution in [3.8, 4) is 11.3 Å². The molecule has 0 unspecified atom stereocenters. The van der Waals surface area contributed by atoms with Gasteiger partial charge < -0.3 is 4.40 Å². The Morgan fingerprint density at radius 2 is 1.95 bits per heavy atom. The number of hydrogen-bond acceptors (Lipinski definition) is 1. The van der Waals surface area contributed by atoms with Crippen LogP contribution in [0, 0.1) is 18.6 Å². The Hall–Kier alpha value is -1.75. The summed E-state index contributed by atoms with van der Waals surface area (Å²) >= 11 is 3.40. The molecule has 0 N–H and O–H groups in total. The highest BCUT2D eigenvalue weighted by Crippen LogP contribution is 2.25. The maximum absolute atomic E-state index is 13.7. The second-order valence-corrected chi connectivity index (χ2v) is 5.24. The van der Waals surface area contributed by atoms with E-state index in [1.165, 1.54) is 12.1 Å². The molecule has 5 heteroatoms. The molecule has 0 amide bonds. The van der Waals surface area contributed by atoms with Gasteiger partial charge in [0, 0.05) is 28.5 Å². The van der Waals surface area contributed by atoms with Gasteiger partial charge >= 0.3 is 0 Å². The first-order valence-electron chi connectivity index (χ1n) is 5.65. The van der Waals surface area contributed by atoms with Gasteiger partial charge in [-0.25, -0.2) is 13.8 Å². The Balaban J connectivity index is 2.23. The molecule has 0 aliphatic rings. The fourth-order valence-corrected chi connectivity index (χ4v) is 2.62. The van der Waals surface area contributed by atoms with Crippen LogP contribution in [0.2, 0.25) is 0 Å². The van der Waals surface area contributed by atoms with Gasteiger partial charge in [0.1, 0.15) is 17.3 Å². The van der Waals surface area contributed by atoms with Gasteiger partial charge in [0.25, 0.3) is 0 Å². The third-order valence-electron chi connectivity index (χ3n) is 2.91. The average Bonchev–Trinajstić information content (AvgIpc) is 2.72. The van der Waals surface area contributed by atoms with Gasteiger partial charge in [-0.2, -0.15) is 0 Å². The first-order valence-corrected chi connectivity index (χ1v) is 6.44. The summed E-state index contributed by atoms with van der Waals surface area (Å²) in [5.74, 6) is -1.20. The molecule has 0 saturated heterocycles. The van der Waals surface area contributed by atoms with Crippen molar-refractivity contribution in [1.29, 1.82) is 0 Å². The van der Waals surface area contributed by atoms with E-state index >= 15 is 0 Å². The van der Waals surface area contributed by atoms with Crippen molar-refractivity contribution < 1.29 is 8.78 Å². The van der Waals surface area contributed by atoms with E-state index in [1.807, 2.05) is 23.6 Å². The molecular weight excluding hydrogens is 314 g/mol. The van der Waals surface area contributed by atoms with E-state index in [-0.39, 0.29) is 0 Å². The predicted molar refractivity (Wildman–Crippen MR) is 73.0 cm³/mol. The number of hydrogen-bond donors (Lipinski definition) is 0. The molecule has 19 heavy (non-hydrogen) atoms. The highest BCUT2D eigenvalue weighted by atomic mass is 79.9. The van der Waals surface area contributed by atoms with Crippen LogP contribution in [0.3, 0.4) is 0 Å². The zero-order valence-corrected chi connectivity index (χ0v) is 11.6. The van der Waals surface area contributed by atoms with Crippen molar-refractivity contribution >= 4 is 21.6 Å². The molecule has 0 aliphatic carbocycles. The lowest BCUT2D eigenvalue weighted by molar-refractivity contribution is 0.585. The van der Waals surface area contributed by atoms with E-state index in [4.69, 9.17) is 0 Å². The molecule has 3 rings (SSSR count). The van der Waals surface area contributed by atoms with E-state index in [0.29, 0.717) is 11.3 Å². The van der Waals surface area contributed by atoms with Crippen molar-refractivity contribution in [2.45, 2.75) is 6.92 Å². The fourth-order valence-electron chi connectivity index (χ4n) is 2.05. The van der Waals surface area contributed by atoms with Crippen LogP contribution in [0.4, 0.5) is 8.78 Å². The molecule has 0 radical (unpaired) electrons. The summed E-state index contributed by atoms with van der Waals surface area (Å²) in [4.78, 5) is 4.39. The summed E-state index contributed by atoms with van der Waals surface area (Å²) < 4.78 is 29.4. The van der Waals surface area contributed by atoms with Crippen LogP contribution < -0.4 is 0 Å². The molecule has 96 valence electrons. The molecule has 0 bridgehead atoms. The number of nitrogens with zero attached hydrogens (tertiary/aromatic N) is 2. The molecule has 3 aromatic rings. The Bertz CT molecular complexity index is 780. The van der Waals surface area contributed by atoms with Crippen LogP contribution in [0.15, 0.2) is 41.1 Å². The molecule has 0 spiro atoms. The van der Waals surface area contributed by atoms with E-state index in [2.05, 4.69) is 20.9 Å². The van der Waals surface area contributed by atoms with Crippen LogP contribution in [0.5, 0.6) is 0 Å². The number of pyridine rings is 1. The van der Waals surface area contributed by atoms with Gasteiger partial charge in [0.2, 0.25) is 0 Å². The van der Waals surface area contributed by atoms with Crippen molar-refractivity contribution in [2.75, 3.05) is 0 Å². The number of fused-ring (bicyclic) bond motifs is 1. The van der Waals surface area contributed by atoms with E-state index < -0.39 is 11.6 Å². The largest absolute Gasteiger partial charge is 0.305 e. The molecule has 0 atom stereocenters. The summed E-state index contributed by atoms with van der Waals surface area (Å²) in [6.07, 6.45) is 3.57. The first kappa shape index (κ1) is 12.3. The van der Waals surface area contributed by atoms with Crippen molar-refractivity contribution in [3.63, 3.8) is 0 Å². The quantitative estimate of drug-likeness (QED) is 0.651. The highest BCUT2D eigenvalue weighted by molar-refractivity contribution is 9.10. The summed E-state index contributed by atoms with van der Waals surface area (Å²) in [7, 11) is 0. The van der Waals surface area contributed by atoms with Crippen LogP contribution >= 0.6 is 15.9 Å². The Labute approximate surface area is 116 Å². The first-order chi connectivity index (χ1) is 9.04. The molecule has 2 heterocycles. The maximum atomic E-state index is 13.7. The van der Waals surface area contributed by atoms with Crippen LogP contribution in [0.1, 0.15) is 5.56 Å². The zero-order chi connectivity index (χ0) is 13.6. The van der Waals surface area contributed by atoms with E-state index in [1.54, 1.807) is 6.20 Å². The Morgan fingerprint density at radius 3 is 2.68 bits per heavy atom. The second kappa shape index (κ2) is 4.42. The lowest BCUT2D eigenvalue weighted by atomic mass is 10.1. The van der Waals surface area contributed by atoms with Gasteiger partial charge in [0.15, 0.2) is 0 Å².